The number of rotatable bonds is 2. The van der Waals surface area contributed by atoms with Gasteiger partial charge in [0.15, 0.2) is 0 Å². The van der Waals surface area contributed by atoms with Crippen LogP contribution in [0.3, 0.4) is 0 Å². The van der Waals surface area contributed by atoms with E-state index in [1.54, 1.807) is 0 Å². The van der Waals surface area contributed by atoms with Gasteiger partial charge in [-0.1, -0.05) is 13.8 Å². The number of hydrogen-bond acceptors (Lipinski definition) is 3. The van der Waals surface area contributed by atoms with E-state index in [0.29, 0.717) is 19.4 Å². The van der Waals surface area contributed by atoms with E-state index in [4.69, 9.17) is 0 Å². The van der Waals surface area contributed by atoms with Gasteiger partial charge < -0.3 is 4.90 Å². The first-order valence-corrected chi connectivity index (χ1v) is 5.06. The van der Waals surface area contributed by atoms with Gasteiger partial charge in [-0.05, 0) is 20.5 Å². The Bertz CT molecular complexity index is 256. The Kier molecular flexibility index (Phi) is 3.10. The summed E-state index contributed by atoms with van der Waals surface area (Å²) in [7, 11) is 3.78. The Morgan fingerprint density at radius 1 is 1.36 bits per heavy atom. The summed E-state index contributed by atoms with van der Waals surface area (Å²) in [6.45, 7) is 4.43. The van der Waals surface area contributed by atoms with Crippen LogP contribution >= 0.6 is 0 Å². The second kappa shape index (κ2) is 3.81. The number of carbonyl (C=O) groups is 2. The summed E-state index contributed by atoms with van der Waals surface area (Å²) in [5.74, 6) is -0.167. The summed E-state index contributed by atoms with van der Waals surface area (Å²) >= 11 is 0. The number of carbonyl (C=O) groups excluding carboxylic acids is 2. The number of nitrogens with zero attached hydrogens (tertiary/aromatic N) is 1. The minimum atomic E-state index is -0.395. The van der Waals surface area contributed by atoms with E-state index >= 15 is 0 Å². The molecule has 80 valence electrons. The Labute approximate surface area is 85.5 Å². The molecule has 0 aromatic carbocycles. The molecule has 0 saturated heterocycles. The summed E-state index contributed by atoms with van der Waals surface area (Å²) < 4.78 is 0. The minimum Gasteiger partial charge on any atom is -0.308 e. The maximum atomic E-state index is 11.9. The van der Waals surface area contributed by atoms with Crippen molar-refractivity contribution in [2.24, 2.45) is 11.3 Å². The standard InChI is InChI=1S/C11H19NO2/c1-11(2)6-5-9(13)8(10(11)14)7-12(3)4/h8H,5-7H2,1-4H3. The zero-order valence-electron chi connectivity index (χ0n) is 9.46. The maximum Gasteiger partial charge on any atom is 0.150 e. The van der Waals surface area contributed by atoms with Gasteiger partial charge in [-0.25, -0.2) is 0 Å². The highest BCUT2D eigenvalue weighted by Gasteiger charge is 2.41. The third-order valence-corrected chi connectivity index (χ3v) is 2.92. The van der Waals surface area contributed by atoms with Gasteiger partial charge in [-0.15, -0.1) is 0 Å². The summed E-state index contributed by atoms with van der Waals surface area (Å²) in [6.07, 6.45) is 1.26. The Morgan fingerprint density at radius 2 is 1.93 bits per heavy atom. The highest BCUT2D eigenvalue weighted by Crippen LogP contribution is 2.33. The van der Waals surface area contributed by atoms with Crippen LogP contribution < -0.4 is 0 Å². The summed E-state index contributed by atoms with van der Waals surface area (Å²) in [4.78, 5) is 25.4. The molecule has 0 spiro atoms. The van der Waals surface area contributed by atoms with Crippen LogP contribution in [-0.4, -0.2) is 37.1 Å². The van der Waals surface area contributed by atoms with E-state index in [2.05, 4.69) is 0 Å². The molecule has 1 saturated carbocycles. The summed E-state index contributed by atoms with van der Waals surface area (Å²) in [6, 6.07) is 0. The molecule has 0 aromatic rings. The van der Waals surface area contributed by atoms with Crippen molar-refractivity contribution in [1.29, 1.82) is 0 Å². The minimum absolute atomic E-state index is 0.113. The third-order valence-electron chi connectivity index (χ3n) is 2.92. The SMILES string of the molecule is CN(C)CC1C(=O)CCC(C)(C)C1=O. The van der Waals surface area contributed by atoms with Crippen LogP contribution in [0.15, 0.2) is 0 Å². The van der Waals surface area contributed by atoms with Crippen molar-refractivity contribution in [2.45, 2.75) is 26.7 Å². The van der Waals surface area contributed by atoms with Gasteiger partial charge in [0.2, 0.25) is 0 Å². The lowest BCUT2D eigenvalue weighted by atomic mass is 9.70. The van der Waals surface area contributed by atoms with Crippen LogP contribution in [0, 0.1) is 11.3 Å². The molecule has 1 rings (SSSR count). The first kappa shape index (κ1) is 11.4. The fraction of sp³-hybridized carbons (Fsp3) is 0.818. The van der Waals surface area contributed by atoms with Crippen LogP contribution in [0.1, 0.15) is 26.7 Å². The van der Waals surface area contributed by atoms with Crippen LogP contribution in [0.5, 0.6) is 0 Å². The molecule has 0 amide bonds. The highest BCUT2D eigenvalue weighted by atomic mass is 16.2. The molecule has 0 heterocycles. The predicted molar refractivity (Wildman–Crippen MR) is 55.1 cm³/mol. The maximum absolute atomic E-state index is 11.9. The van der Waals surface area contributed by atoms with Crippen LogP contribution in [0.25, 0.3) is 0 Å². The van der Waals surface area contributed by atoms with Gasteiger partial charge >= 0.3 is 0 Å². The Morgan fingerprint density at radius 3 is 2.43 bits per heavy atom. The summed E-state index contributed by atoms with van der Waals surface area (Å²) in [5.41, 5.74) is -0.311. The van der Waals surface area contributed by atoms with Gasteiger partial charge in [-0.3, -0.25) is 9.59 Å². The zero-order valence-corrected chi connectivity index (χ0v) is 9.46. The first-order valence-electron chi connectivity index (χ1n) is 5.06. The van der Waals surface area contributed by atoms with Crippen molar-refractivity contribution < 1.29 is 9.59 Å². The second-order valence-corrected chi connectivity index (χ2v) is 5.03. The lowest BCUT2D eigenvalue weighted by Gasteiger charge is -2.33. The van der Waals surface area contributed by atoms with Crippen molar-refractivity contribution in [2.75, 3.05) is 20.6 Å². The molecular formula is C11H19NO2. The molecule has 1 unspecified atom stereocenters. The van der Waals surface area contributed by atoms with E-state index in [0.717, 1.165) is 0 Å². The van der Waals surface area contributed by atoms with E-state index in [-0.39, 0.29) is 17.0 Å². The molecule has 1 aliphatic rings. The third kappa shape index (κ3) is 2.21. The van der Waals surface area contributed by atoms with Gasteiger partial charge in [0.1, 0.15) is 11.6 Å². The molecule has 1 fully saturated rings. The molecule has 0 aromatic heterocycles. The van der Waals surface area contributed by atoms with E-state index < -0.39 is 5.92 Å². The molecule has 0 N–H and O–H groups in total. The highest BCUT2D eigenvalue weighted by molar-refractivity contribution is 6.07. The molecule has 0 aliphatic heterocycles. The molecule has 1 atom stereocenters. The largest absolute Gasteiger partial charge is 0.308 e. The lowest BCUT2D eigenvalue weighted by molar-refractivity contribution is -0.143. The van der Waals surface area contributed by atoms with Crippen molar-refractivity contribution in [3.63, 3.8) is 0 Å². The average molecular weight is 197 g/mol. The predicted octanol–water partition coefficient (Wildman–Crippen LogP) is 1.12. The Hall–Kier alpha value is -0.700. The lowest BCUT2D eigenvalue weighted by Crippen LogP contribution is -2.45. The molecule has 0 bridgehead atoms. The molecule has 3 heteroatoms. The van der Waals surface area contributed by atoms with E-state index in [1.807, 2.05) is 32.8 Å². The van der Waals surface area contributed by atoms with E-state index in [1.165, 1.54) is 0 Å². The zero-order chi connectivity index (χ0) is 10.9. The van der Waals surface area contributed by atoms with Crippen LogP contribution in [0.2, 0.25) is 0 Å². The van der Waals surface area contributed by atoms with Gasteiger partial charge in [0.25, 0.3) is 0 Å². The molecular weight excluding hydrogens is 178 g/mol. The number of Topliss-reactive ketones (excluding diaryl/α,β-unsaturated/α-hetero) is 2. The van der Waals surface area contributed by atoms with Crippen molar-refractivity contribution in [3.8, 4) is 0 Å². The normalized spacial score (nSPS) is 27.1. The summed E-state index contributed by atoms with van der Waals surface area (Å²) in [5, 5.41) is 0. The average Bonchev–Trinajstić information content (AvgIpc) is 2.06. The van der Waals surface area contributed by atoms with E-state index in [9.17, 15) is 9.59 Å². The molecule has 0 radical (unpaired) electrons. The fourth-order valence-corrected chi connectivity index (χ4v) is 1.90. The monoisotopic (exact) mass is 197 g/mol. The first-order chi connectivity index (χ1) is 6.34. The fourth-order valence-electron chi connectivity index (χ4n) is 1.90. The molecule has 14 heavy (non-hydrogen) atoms. The van der Waals surface area contributed by atoms with Gasteiger partial charge in [-0.2, -0.15) is 0 Å². The number of ketones is 2. The van der Waals surface area contributed by atoms with Crippen molar-refractivity contribution in [1.82, 2.24) is 4.90 Å². The van der Waals surface area contributed by atoms with Gasteiger partial charge in [0.05, 0.1) is 5.92 Å². The van der Waals surface area contributed by atoms with Crippen LogP contribution in [-0.2, 0) is 9.59 Å². The Balaban J connectivity index is 2.79. The molecule has 1 aliphatic carbocycles. The van der Waals surface area contributed by atoms with Crippen LogP contribution in [0.4, 0.5) is 0 Å². The topological polar surface area (TPSA) is 37.4 Å². The van der Waals surface area contributed by atoms with Crippen molar-refractivity contribution >= 4 is 11.6 Å². The van der Waals surface area contributed by atoms with Gasteiger partial charge in [0, 0.05) is 18.4 Å². The second-order valence-electron chi connectivity index (χ2n) is 5.03. The molecule has 3 nitrogen and oxygen atoms in total. The number of hydrogen-bond donors (Lipinski definition) is 0. The quantitative estimate of drug-likeness (QED) is 0.623. The smallest absolute Gasteiger partial charge is 0.150 e. The van der Waals surface area contributed by atoms with Crippen molar-refractivity contribution in [3.05, 3.63) is 0 Å².